The molecule has 1 nitrogen and oxygen atoms in total. The van der Waals surface area contributed by atoms with E-state index in [4.69, 9.17) is 11.6 Å². The van der Waals surface area contributed by atoms with Gasteiger partial charge in [-0.2, -0.15) is 0 Å². The molecule has 1 atom stereocenters. The van der Waals surface area contributed by atoms with Gasteiger partial charge in [0.05, 0.1) is 0 Å². The quantitative estimate of drug-likeness (QED) is 0.743. The Morgan fingerprint density at radius 1 is 1.29 bits per heavy atom. The molecule has 1 aliphatic heterocycles. The molecule has 94 valence electrons. The first-order valence-electron chi connectivity index (χ1n) is 6.34. The summed E-state index contributed by atoms with van der Waals surface area (Å²) < 4.78 is 1.22. The van der Waals surface area contributed by atoms with E-state index in [1.165, 1.54) is 35.8 Å². The summed E-state index contributed by atoms with van der Waals surface area (Å²) in [6.07, 6.45) is 5.10. The Balaban J connectivity index is 2.03. The maximum Gasteiger partial charge on any atom is 0.0247 e. The summed E-state index contributed by atoms with van der Waals surface area (Å²) >= 11 is 9.53. The van der Waals surface area contributed by atoms with E-state index in [0.29, 0.717) is 6.04 Å². The van der Waals surface area contributed by atoms with Crippen molar-refractivity contribution < 1.29 is 0 Å². The van der Waals surface area contributed by atoms with Crippen LogP contribution in [0, 0.1) is 0 Å². The molecule has 0 radical (unpaired) electrons. The second-order valence-electron chi connectivity index (χ2n) is 4.69. The molecule has 0 aromatic heterocycles. The monoisotopic (exact) mass is 315 g/mol. The van der Waals surface area contributed by atoms with Crippen molar-refractivity contribution in [2.75, 3.05) is 12.4 Å². The van der Waals surface area contributed by atoms with Gasteiger partial charge in [-0.3, -0.25) is 4.90 Å². The van der Waals surface area contributed by atoms with Crippen molar-refractivity contribution in [3.8, 4) is 0 Å². The molecule has 0 amide bonds. The third-order valence-corrected chi connectivity index (χ3v) is 4.51. The molecule has 0 aliphatic carbocycles. The summed E-state index contributed by atoms with van der Waals surface area (Å²) in [5.74, 6) is 0.775. The number of rotatable bonds is 4. The number of nitrogens with zero attached hydrogens (tertiary/aromatic N) is 1. The van der Waals surface area contributed by atoms with Crippen LogP contribution in [0.25, 0.3) is 0 Å². The van der Waals surface area contributed by atoms with Gasteiger partial charge in [0.15, 0.2) is 0 Å². The van der Waals surface area contributed by atoms with E-state index >= 15 is 0 Å². The van der Waals surface area contributed by atoms with Crippen LogP contribution >= 0.6 is 27.5 Å². The molecule has 1 saturated heterocycles. The Bertz CT molecular complexity index is 354. The van der Waals surface area contributed by atoms with Crippen molar-refractivity contribution >= 4 is 27.5 Å². The zero-order valence-electron chi connectivity index (χ0n) is 10.0. The number of likely N-dealkylation sites (tertiary alicyclic amines) is 1. The molecular weight excluding hydrogens is 298 g/mol. The van der Waals surface area contributed by atoms with E-state index in [1.807, 2.05) is 0 Å². The third kappa shape index (κ3) is 3.70. The van der Waals surface area contributed by atoms with Gasteiger partial charge in [0.25, 0.3) is 0 Å². The summed E-state index contributed by atoms with van der Waals surface area (Å²) in [5, 5.41) is 0. The number of alkyl halides is 1. The topological polar surface area (TPSA) is 3.24 Å². The van der Waals surface area contributed by atoms with Crippen LogP contribution < -0.4 is 0 Å². The number of benzene rings is 1. The minimum atomic E-state index is 0.674. The van der Waals surface area contributed by atoms with Crippen LogP contribution in [0.1, 0.15) is 31.2 Å². The second kappa shape index (κ2) is 6.77. The average Bonchev–Trinajstić information content (AvgIpc) is 2.35. The van der Waals surface area contributed by atoms with Gasteiger partial charge in [0.2, 0.25) is 0 Å². The predicted octanol–water partition coefficient (Wildman–Crippen LogP) is 4.43. The van der Waals surface area contributed by atoms with Crippen LogP contribution in [0.15, 0.2) is 28.7 Å². The predicted molar refractivity (Wildman–Crippen MR) is 77.5 cm³/mol. The molecule has 1 fully saturated rings. The van der Waals surface area contributed by atoms with Gasteiger partial charge in [0, 0.05) is 22.9 Å². The first kappa shape index (κ1) is 13.4. The highest BCUT2D eigenvalue weighted by atomic mass is 79.9. The molecule has 1 unspecified atom stereocenters. The second-order valence-corrected chi connectivity index (χ2v) is 5.92. The molecule has 1 aromatic rings. The Hall–Kier alpha value is -0.0500. The lowest BCUT2D eigenvalue weighted by atomic mass is 9.99. The summed E-state index contributed by atoms with van der Waals surface area (Å²) in [6, 6.07) is 9.18. The van der Waals surface area contributed by atoms with E-state index in [2.05, 4.69) is 45.1 Å². The van der Waals surface area contributed by atoms with E-state index in [-0.39, 0.29) is 0 Å². The Morgan fingerprint density at radius 3 is 2.88 bits per heavy atom. The van der Waals surface area contributed by atoms with Crippen LogP contribution in [0.5, 0.6) is 0 Å². The summed E-state index contributed by atoms with van der Waals surface area (Å²) in [6.45, 7) is 2.26. The smallest absolute Gasteiger partial charge is 0.0247 e. The standard InChI is InChI=1S/C14H19BrClN/c15-14-7-2-1-5-12(14)11-17-10-4-3-6-13(17)8-9-16/h1-2,5,7,13H,3-4,6,8-11H2. The van der Waals surface area contributed by atoms with Crippen molar-refractivity contribution in [3.63, 3.8) is 0 Å². The van der Waals surface area contributed by atoms with Crippen LogP contribution in [-0.4, -0.2) is 23.4 Å². The van der Waals surface area contributed by atoms with Gasteiger partial charge in [0.1, 0.15) is 0 Å². The van der Waals surface area contributed by atoms with Crippen molar-refractivity contribution in [1.29, 1.82) is 0 Å². The summed E-state index contributed by atoms with van der Waals surface area (Å²) in [7, 11) is 0. The molecule has 0 bridgehead atoms. The van der Waals surface area contributed by atoms with Gasteiger partial charge in [-0.25, -0.2) is 0 Å². The first-order chi connectivity index (χ1) is 8.31. The van der Waals surface area contributed by atoms with Gasteiger partial charge in [-0.1, -0.05) is 40.5 Å². The number of hydrogen-bond donors (Lipinski definition) is 0. The molecule has 3 heteroatoms. The molecule has 1 aliphatic rings. The van der Waals surface area contributed by atoms with Crippen LogP contribution in [-0.2, 0) is 6.54 Å². The van der Waals surface area contributed by atoms with E-state index in [9.17, 15) is 0 Å². The van der Waals surface area contributed by atoms with Crippen LogP contribution in [0.3, 0.4) is 0 Å². The fourth-order valence-corrected chi connectivity index (χ4v) is 3.23. The van der Waals surface area contributed by atoms with Gasteiger partial charge < -0.3 is 0 Å². The Kier molecular flexibility index (Phi) is 5.33. The fourth-order valence-electron chi connectivity index (χ4n) is 2.57. The highest BCUT2D eigenvalue weighted by Gasteiger charge is 2.22. The van der Waals surface area contributed by atoms with Crippen molar-refractivity contribution in [2.45, 2.75) is 38.3 Å². The fraction of sp³-hybridized carbons (Fsp3) is 0.571. The number of piperidine rings is 1. The molecule has 17 heavy (non-hydrogen) atoms. The average molecular weight is 317 g/mol. The molecule has 0 saturated carbocycles. The normalized spacial score (nSPS) is 21.6. The minimum absolute atomic E-state index is 0.674. The third-order valence-electron chi connectivity index (χ3n) is 3.52. The lowest BCUT2D eigenvalue weighted by Crippen LogP contribution is -2.39. The molecule has 0 N–H and O–H groups in total. The number of halogens is 2. The number of hydrogen-bond acceptors (Lipinski definition) is 1. The van der Waals surface area contributed by atoms with Gasteiger partial charge in [-0.05, 0) is 37.4 Å². The Labute approximate surface area is 117 Å². The van der Waals surface area contributed by atoms with E-state index in [1.54, 1.807) is 0 Å². The maximum atomic E-state index is 5.90. The first-order valence-corrected chi connectivity index (χ1v) is 7.67. The molecule has 1 heterocycles. The Morgan fingerprint density at radius 2 is 2.12 bits per heavy atom. The summed E-state index contributed by atoms with van der Waals surface area (Å²) in [5.41, 5.74) is 1.38. The van der Waals surface area contributed by atoms with Gasteiger partial charge >= 0.3 is 0 Å². The minimum Gasteiger partial charge on any atom is -0.296 e. The largest absolute Gasteiger partial charge is 0.296 e. The van der Waals surface area contributed by atoms with Gasteiger partial charge in [-0.15, -0.1) is 11.6 Å². The van der Waals surface area contributed by atoms with Crippen molar-refractivity contribution in [2.24, 2.45) is 0 Å². The summed E-state index contributed by atoms with van der Waals surface area (Å²) in [4.78, 5) is 2.59. The van der Waals surface area contributed by atoms with Crippen LogP contribution in [0.4, 0.5) is 0 Å². The SMILES string of the molecule is ClCCC1CCCCN1Cc1ccccc1Br. The molecule has 2 rings (SSSR count). The maximum absolute atomic E-state index is 5.90. The van der Waals surface area contributed by atoms with Crippen molar-refractivity contribution in [1.82, 2.24) is 4.90 Å². The molecule has 0 spiro atoms. The lowest BCUT2D eigenvalue weighted by molar-refractivity contribution is 0.136. The highest BCUT2D eigenvalue weighted by molar-refractivity contribution is 9.10. The highest BCUT2D eigenvalue weighted by Crippen LogP contribution is 2.25. The van der Waals surface area contributed by atoms with Crippen molar-refractivity contribution in [3.05, 3.63) is 34.3 Å². The molecule has 1 aromatic carbocycles. The van der Waals surface area contributed by atoms with E-state index < -0.39 is 0 Å². The zero-order valence-corrected chi connectivity index (χ0v) is 12.4. The zero-order chi connectivity index (χ0) is 12.1. The van der Waals surface area contributed by atoms with E-state index in [0.717, 1.165) is 18.8 Å². The van der Waals surface area contributed by atoms with Crippen LogP contribution in [0.2, 0.25) is 0 Å². The molecular formula is C14H19BrClN. The lowest BCUT2D eigenvalue weighted by Gasteiger charge is -2.35.